The Labute approximate surface area is 185 Å². The second-order valence-corrected chi connectivity index (χ2v) is 7.93. The van der Waals surface area contributed by atoms with Crippen LogP contribution in [0.1, 0.15) is 32.1 Å². The van der Waals surface area contributed by atoms with E-state index < -0.39 is 16.8 Å². The molecule has 3 aromatic rings. The van der Waals surface area contributed by atoms with Gasteiger partial charge in [0.1, 0.15) is 11.6 Å². The Morgan fingerprint density at radius 3 is 2.43 bits per heavy atom. The molecule has 0 aliphatic heterocycles. The van der Waals surface area contributed by atoms with Crippen molar-refractivity contribution in [2.75, 3.05) is 13.7 Å². The number of carbonyl (C=O) groups excluding carboxylic acids is 1. The summed E-state index contributed by atoms with van der Waals surface area (Å²) in [5.41, 5.74) is 0.967. The Balaban J connectivity index is 2.25. The molecule has 0 N–H and O–H groups in total. The van der Waals surface area contributed by atoms with Crippen molar-refractivity contribution in [1.82, 2.24) is 14.5 Å². The van der Waals surface area contributed by atoms with Crippen molar-refractivity contribution in [3.05, 3.63) is 64.7 Å². The third kappa shape index (κ3) is 4.30. The van der Waals surface area contributed by atoms with Gasteiger partial charge >= 0.3 is 0 Å². The lowest BCUT2D eigenvalue weighted by molar-refractivity contribution is -0.131. The maximum Gasteiger partial charge on any atom is 0.266 e. The molecule has 0 saturated heterocycles. The van der Waals surface area contributed by atoms with E-state index in [1.54, 1.807) is 54.5 Å². The lowest BCUT2D eigenvalue weighted by Gasteiger charge is -2.30. The van der Waals surface area contributed by atoms with Crippen LogP contribution in [-0.2, 0) is 4.79 Å². The van der Waals surface area contributed by atoms with Gasteiger partial charge in [0.15, 0.2) is 4.84 Å². The molecule has 1 aromatic heterocycles. The van der Waals surface area contributed by atoms with E-state index in [4.69, 9.17) is 32.9 Å². The molecular weight excluding hydrogens is 425 g/mol. The fourth-order valence-corrected chi connectivity index (χ4v) is 3.66. The molecule has 0 fully saturated rings. The normalized spacial score (nSPS) is 12.2. The molecule has 158 valence electrons. The van der Waals surface area contributed by atoms with Crippen LogP contribution in [-0.4, -0.2) is 38.8 Å². The largest absolute Gasteiger partial charge is 0.497 e. The zero-order valence-electron chi connectivity index (χ0n) is 17.0. The van der Waals surface area contributed by atoms with Gasteiger partial charge in [-0.2, -0.15) is 0 Å². The Bertz CT molecular complexity index is 1100. The Kier molecular flexibility index (Phi) is 7.00. The second-order valence-electron chi connectivity index (χ2n) is 6.83. The Hall–Kier alpha value is -2.57. The van der Waals surface area contributed by atoms with E-state index in [0.29, 0.717) is 41.1 Å². The molecule has 1 atom stereocenters. The van der Waals surface area contributed by atoms with Gasteiger partial charge < -0.3 is 9.64 Å². The van der Waals surface area contributed by atoms with E-state index in [9.17, 15) is 9.59 Å². The first kappa shape index (κ1) is 22.1. The van der Waals surface area contributed by atoms with Crippen molar-refractivity contribution in [3.8, 4) is 11.4 Å². The molecular formula is C22H23Cl2N3O3. The quantitative estimate of drug-likeness (QED) is 0.500. The first-order chi connectivity index (χ1) is 14.4. The van der Waals surface area contributed by atoms with Crippen LogP contribution in [0.3, 0.4) is 0 Å². The van der Waals surface area contributed by atoms with Crippen molar-refractivity contribution in [2.24, 2.45) is 0 Å². The zero-order chi connectivity index (χ0) is 21.8. The minimum absolute atomic E-state index is 0.218. The van der Waals surface area contributed by atoms with Crippen molar-refractivity contribution in [1.29, 1.82) is 0 Å². The molecule has 3 rings (SSSR count). The summed E-state index contributed by atoms with van der Waals surface area (Å²) < 4.78 is 6.75. The van der Waals surface area contributed by atoms with Crippen molar-refractivity contribution >= 4 is 40.0 Å². The number of alkyl halides is 2. The highest BCUT2D eigenvalue weighted by atomic mass is 35.5. The fraction of sp³-hybridized carbons (Fsp3) is 0.318. The number of para-hydroxylation sites is 1. The minimum Gasteiger partial charge on any atom is -0.497 e. The number of halogens is 2. The van der Waals surface area contributed by atoms with Crippen LogP contribution in [0.4, 0.5) is 0 Å². The first-order valence-electron chi connectivity index (χ1n) is 9.63. The van der Waals surface area contributed by atoms with Crippen molar-refractivity contribution in [2.45, 2.75) is 31.1 Å². The maximum atomic E-state index is 13.4. The molecule has 8 heteroatoms. The summed E-state index contributed by atoms with van der Waals surface area (Å²) >= 11 is 11.8. The van der Waals surface area contributed by atoms with E-state index in [-0.39, 0.29) is 5.56 Å². The van der Waals surface area contributed by atoms with E-state index in [2.05, 4.69) is 0 Å². The van der Waals surface area contributed by atoms with Crippen LogP contribution in [0.5, 0.6) is 5.75 Å². The molecule has 0 aliphatic carbocycles. The highest BCUT2D eigenvalue weighted by molar-refractivity contribution is 6.53. The summed E-state index contributed by atoms with van der Waals surface area (Å²) in [6.45, 7) is 4.20. The van der Waals surface area contributed by atoms with Crippen LogP contribution in [0.15, 0.2) is 53.3 Å². The van der Waals surface area contributed by atoms with Crippen LogP contribution in [0.25, 0.3) is 16.6 Å². The predicted octanol–water partition coefficient (Wildman–Crippen LogP) is 4.50. The highest BCUT2D eigenvalue weighted by Crippen LogP contribution is 2.25. The van der Waals surface area contributed by atoms with Gasteiger partial charge in [0, 0.05) is 6.54 Å². The molecule has 1 amide bonds. The SMILES string of the molecule is CCCN(C(=O)C(Cl)Cl)C(C)c1nc2ccccc2c(=O)n1-c1ccc(OC)cc1. The minimum atomic E-state index is -1.19. The summed E-state index contributed by atoms with van der Waals surface area (Å²) in [4.78, 5) is 31.2. The van der Waals surface area contributed by atoms with Crippen LogP contribution in [0.2, 0.25) is 0 Å². The summed E-state index contributed by atoms with van der Waals surface area (Å²) in [5.74, 6) is 0.682. The number of nitrogens with zero attached hydrogens (tertiary/aromatic N) is 3. The topological polar surface area (TPSA) is 64.4 Å². The lowest BCUT2D eigenvalue weighted by atomic mass is 10.1. The smallest absolute Gasteiger partial charge is 0.266 e. The molecule has 0 saturated carbocycles. The third-order valence-corrected chi connectivity index (χ3v) is 5.28. The molecule has 0 bridgehead atoms. The monoisotopic (exact) mass is 447 g/mol. The number of fused-ring (bicyclic) bond motifs is 1. The molecule has 0 radical (unpaired) electrons. The zero-order valence-corrected chi connectivity index (χ0v) is 18.5. The molecule has 0 aliphatic rings. The first-order valence-corrected chi connectivity index (χ1v) is 10.5. The number of amides is 1. The molecule has 6 nitrogen and oxygen atoms in total. The summed E-state index contributed by atoms with van der Waals surface area (Å²) in [7, 11) is 1.58. The van der Waals surface area contributed by atoms with E-state index in [0.717, 1.165) is 0 Å². The Morgan fingerprint density at radius 2 is 1.83 bits per heavy atom. The highest BCUT2D eigenvalue weighted by Gasteiger charge is 2.29. The maximum absolute atomic E-state index is 13.4. The standard InChI is InChI=1S/C22H23Cl2N3O3/c1-4-13-26(22(29)19(23)24)14(2)20-25-18-8-6-5-7-17(18)21(28)27(20)15-9-11-16(30-3)12-10-15/h5-12,14,19H,4,13H2,1-3H3. The van der Waals surface area contributed by atoms with Gasteiger partial charge in [-0.1, -0.05) is 42.3 Å². The van der Waals surface area contributed by atoms with Gasteiger partial charge in [0.2, 0.25) is 0 Å². The summed E-state index contributed by atoms with van der Waals surface area (Å²) in [6, 6.07) is 13.7. The summed E-state index contributed by atoms with van der Waals surface area (Å²) in [5, 5.41) is 0.491. The number of rotatable bonds is 7. The number of aromatic nitrogens is 2. The third-order valence-electron chi connectivity index (χ3n) is 4.91. The number of hydrogen-bond acceptors (Lipinski definition) is 4. The average molecular weight is 448 g/mol. The van der Waals surface area contributed by atoms with Crippen molar-refractivity contribution < 1.29 is 9.53 Å². The second kappa shape index (κ2) is 9.49. The molecule has 1 unspecified atom stereocenters. The van der Waals surface area contributed by atoms with Gasteiger partial charge in [-0.3, -0.25) is 14.2 Å². The average Bonchev–Trinajstić information content (AvgIpc) is 2.76. The predicted molar refractivity (Wildman–Crippen MR) is 120 cm³/mol. The Morgan fingerprint density at radius 1 is 1.17 bits per heavy atom. The molecule has 2 aromatic carbocycles. The van der Waals surface area contributed by atoms with Crippen LogP contribution in [0, 0.1) is 0 Å². The number of methoxy groups -OCH3 is 1. The number of hydrogen-bond donors (Lipinski definition) is 0. The number of ether oxygens (including phenoxy) is 1. The van der Waals surface area contributed by atoms with Gasteiger partial charge in [-0.15, -0.1) is 0 Å². The molecule has 1 heterocycles. The number of carbonyl (C=O) groups is 1. The van der Waals surface area contributed by atoms with Gasteiger partial charge in [0.05, 0.1) is 29.7 Å². The van der Waals surface area contributed by atoms with Crippen LogP contribution < -0.4 is 10.3 Å². The van der Waals surface area contributed by atoms with Gasteiger partial charge in [-0.05, 0) is 49.7 Å². The van der Waals surface area contributed by atoms with Crippen molar-refractivity contribution in [3.63, 3.8) is 0 Å². The lowest BCUT2D eigenvalue weighted by Crippen LogP contribution is -2.40. The van der Waals surface area contributed by atoms with E-state index >= 15 is 0 Å². The van der Waals surface area contributed by atoms with Gasteiger partial charge in [0.25, 0.3) is 11.5 Å². The van der Waals surface area contributed by atoms with E-state index in [1.165, 1.54) is 4.57 Å². The fourth-order valence-electron chi connectivity index (χ4n) is 3.41. The van der Waals surface area contributed by atoms with Crippen LogP contribution >= 0.6 is 23.2 Å². The van der Waals surface area contributed by atoms with Gasteiger partial charge in [-0.25, -0.2) is 4.98 Å². The number of benzene rings is 2. The van der Waals surface area contributed by atoms with E-state index in [1.807, 2.05) is 19.9 Å². The molecule has 0 spiro atoms. The molecule has 30 heavy (non-hydrogen) atoms. The summed E-state index contributed by atoms with van der Waals surface area (Å²) in [6.07, 6.45) is 0.705.